The van der Waals surface area contributed by atoms with Crippen LogP contribution in [-0.2, 0) is 4.74 Å². The molecule has 1 heterocycles. The molecule has 5 heteroatoms. The standard InChI is InChI=1S/C20H31NO4/c22-19(10-6-1-2-7-11-19)14-21-12-13-24-16-20(23,15-21)17-25-18-8-4-3-5-9-18/h3-5,8-9,22-23H,1-2,6-7,10-17H2. The first-order valence-corrected chi connectivity index (χ1v) is 9.50. The van der Waals surface area contributed by atoms with E-state index in [2.05, 4.69) is 4.90 Å². The van der Waals surface area contributed by atoms with Gasteiger partial charge in [0.05, 0.1) is 18.8 Å². The first-order valence-electron chi connectivity index (χ1n) is 9.50. The van der Waals surface area contributed by atoms with Crippen LogP contribution in [0.4, 0.5) is 0 Å². The summed E-state index contributed by atoms with van der Waals surface area (Å²) in [6.07, 6.45) is 6.29. The van der Waals surface area contributed by atoms with E-state index >= 15 is 0 Å². The third-order valence-electron chi connectivity index (χ3n) is 5.24. The quantitative estimate of drug-likeness (QED) is 0.798. The molecule has 2 N–H and O–H groups in total. The number of β-amino-alcohol motifs (C(OH)–C–C–N with tert-alkyl or cyclic N) is 2. The average molecular weight is 349 g/mol. The van der Waals surface area contributed by atoms with E-state index in [1.807, 2.05) is 30.3 Å². The molecule has 0 spiro atoms. The van der Waals surface area contributed by atoms with Gasteiger partial charge >= 0.3 is 0 Å². The topological polar surface area (TPSA) is 62.2 Å². The second-order valence-corrected chi connectivity index (χ2v) is 7.73. The second kappa shape index (κ2) is 8.49. The molecule has 1 unspecified atom stereocenters. The van der Waals surface area contributed by atoms with Gasteiger partial charge in [0.15, 0.2) is 0 Å². The van der Waals surface area contributed by atoms with Crippen molar-refractivity contribution in [3.63, 3.8) is 0 Å². The zero-order valence-electron chi connectivity index (χ0n) is 15.0. The van der Waals surface area contributed by atoms with E-state index < -0.39 is 11.2 Å². The first-order chi connectivity index (χ1) is 12.1. The van der Waals surface area contributed by atoms with Crippen LogP contribution in [0.3, 0.4) is 0 Å². The van der Waals surface area contributed by atoms with Crippen molar-refractivity contribution in [3.05, 3.63) is 30.3 Å². The number of para-hydroxylation sites is 1. The van der Waals surface area contributed by atoms with E-state index in [1.54, 1.807) is 0 Å². The summed E-state index contributed by atoms with van der Waals surface area (Å²) in [6, 6.07) is 9.53. The molecule has 0 bridgehead atoms. The van der Waals surface area contributed by atoms with Crippen LogP contribution in [-0.4, -0.2) is 65.8 Å². The lowest BCUT2D eigenvalue weighted by molar-refractivity contribution is -0.0733. The van der Waals surface area contributed by atoms with E-state index in [1.165, 1.54) is 12.8 Å². The summed E-state index contributed by atoms with van der Waals surface area (Å²) >= 11 is 0. The molecule has 2 aliphatic rings. The lowest BCUT2D eigenvalue weighted by Crippen LogP contribution is -2.52. The van der Waals surface area contributed by atoms with Crippen LogP contribution in [0, 0.1) is 0 Å². The van der Waals surface area contributed by atoms with Gasteiger partial charge in [-0.3, -0.25) is 4.90 Å². The van der Waals surface area contributed by atoms with Crippen molar-refractivity contribution < 1.29 is 19.7 Å². The zero-order chi connectivity index (χ0) is 17.6. The highest BCUT2D eigenvalue weighted by molar-refractivity contribution is 5.21. The van der Waals surface area contributed by atoms with Crippen molar-refractivity contribution in [2.24, 2.45) is 0 Å². The van der Waals surface area contributed by atoms with E-state index in [-0.39, 0.29) is 13.2 Å². The minimum atomic E-state index is -1.06. The monoisotopic (exact) mass is 349 g/mol. The fourth-order valence-electron chi connectivity index (χ4n) is 3.91. The maximum Gasteiger partial charge on any atom is 0.134 e. The predicted octanol–water partition coefficient (Wildman–Crippen LogP) is 2.21. The molecule has 25 heavy (non-hydrogen) atoms. The zero-order valence-corrected chi connectivity index (χ0v) is 15.0. The Labute approximate surface area is 150 Å². The summed E-state index contributed by atoms with van der Waals surface area (Å²) in [4.78, 5) is 2.15. The largest absolute Gasteiger partial charge is 0.490 e. The molecular weight excluding hydrogens is 318 g/mol. The maximum atomic E-state index is 11.0. The molecule has 1 aliphatic carbocycles. The summed E-state index contributed by atoms with van der Waals surface area (Å²) < 4.78 is 11.4. The van der Waals surface area contributed by atoms with Crippen molar-refractivity contribution in [1.29, 1.82) is 0 Å². The fourth-order valence-corrected chi connectivity index (χ4v) is 3.91. The highest BCUT2D eigenvalue weighted by Gasteiger charge is 2.37. The molecule has 0 amide bonds. The Bertz CT molecular complexity index is 516. The van der Waals surface area contributed by atoms with Crippen LogP contribution in [0.2, 0.25) is 0 Å². The number of hydrogen-bond donors (Lipinski definition) is 2. The van der Waals surface area contributed by atoms with E-state index in [9.17, 15) is 10.2 Å². The van der Waals surface area contributed by atoms with Crippen molar-refractivity contribution in [1.82, 2.24) is 4.90 Å². The number of ether oxygens (including phenoxy) is 2. The molecule has 1 aromatic carbocycles. The van der Waals surface area contributed by atoms with Crippen LogP contribution in [0.5, 0.6) is 5.75 Å². The summed E-state index contributed by atoms with van der Waals surface area (Å²) in [5.74, 6) is 0.745. The van der Waals surface area contributed by atoms with Crippen molar-refractivity contribution in [2.75, 3.05) is 39.5 Å². The van der Waals surface area contributed by atoms with Crippen molar-refractivity contribution in [3.8, 4) is 5.75 Å². The Morgan fingerprint density at radius 1 is 1.00 bits per heavy atom. The Morgan fingerprint density at radius 3 is 2.44 bits per heavy atom. The number of benzene rings is 1. The van der Waals surface area contributed by atoms with Gasteiger partial charge in [0.25, 0.3) is 0 Å². The number of hydrogen-bond acceptors (Lipinski definition) is 5. The molecule has 5 nitrogen and oxygen atoms in total. The van der Waals surface area contributed by atoms with E-state index in [0.717, 1.165) is 38.0 Å². The number of nitrogens with zero attached hydrogens (tertiary/aromatic N) is 1. The SMILES string of the molecule is OC1(CN2CCOCC(O)(COc3ccccc3)C2)CCCCCC1. The molecule has 2 fully saturated rings. The minimum Gasteiger partial charge on any atom is -0.490 e. The van der Waals surface area contributed by atoms with Crippen molar-refractivity contribution >= 4 is 0 Å². The van der Waals surface area contributed by atoms with Gasteiger partial charge in [-0.2, -0.15) is 0 Å². The number of aliphatic hydroxyl groups is 2. The smallest absolute Gasteiger partial charge is 0.134 e. The predicted molar refractivity (Wildman–Crippen MR) is 96.8 cm³/mol. The van der Waals surface area contributed by atoms with Crippen LogP contribution in [0.15, 0.2) is 30.3 Å². The molecule has 1 saturated carbocycles. The first kappa shape index (κ1) is 18.6. The fraction of sp³-hybridized carbons (Fsp3) is 0.700. The summed E-state index contributed by atoms with van der Waals surface area (Å²) in [5, 5.41) is 22.0. The molecule has 1 aliphatic heterocycles. The van der Waals surface area contributed by atoms with Gasteiger partial charge in [0.2, 0.25) is 0 Å². The molecule has 1 aromatic rings. The van der Waals surface area contributed by atoms with Crippen LogP contribution in [0.25, 0.3) is 0 Å². The van der Waals surface area contributed by atoms with Gasteiger partial charge in [-0.15, -0.1) is 0 Å². The van der Waals surface area contributed by atoms with Crippen molar-refractivity contribution in [2.45, 2.75) is 49.7 Å². The van der Waals surface area contributed by atoms with Gasteiger partial charge in [-0.25, -0.2) is 0 Å². The lowest BCUT2D eigenvalue weighted by atomic mass is 9.93. The van der Waals surface area contributed by atoms with Gasteiger partial charge in [-0.1, -0.05) is 43.9 Å². The molecule has 3 rings (SSSR count). The van der Waals surface area contributed by atoms with Crippen LogP contribution in [0.1, 0.15) is 38.5 Å². The van der Waals surface area contributed by atoms with Crippen LogP contribution >= 0.6 is 0 Å². The molecule has 1 saturated heterocycles. The summed E-state index contributed by atoms with van der Waals surface area (Å²) in [5.41, 5.74) is -1.70. The van der Waals surface area contributed by atoms with Gasteiger partial charge < -0.3 is 19.7 Å². The average Bonchev–Trinajstić information content (AvgIpc) is 2.92. The Kier molecular flexibility index (Phi) is 6.34. The maximum absolute atomic E-state index is 11.0. The molecule has 0 radical (unpaired) electrons. The number of rotatable bonds is 5. The molecule has 140 valence electrons. The van der Waals surface area contributed by atoms with Gasteiger partial charge in [-0.05, 0) is 25.0 Å². The summed E-state index contributed by atoms with van der Waals surface area (Å²) in [6.45, 7) is 2.81. The van der Waals surface area contributed by atoms with Gasteiger partial charge in [0, 0.05) is 19.6 Å². The highest BCUT2D eigenvalue weighted by Crippen LogP contribution is 2.29. The Hall–Kier alpha value is -1.14. The molecular formula is C20H31NO4. The summed E-state index contributed by atoms with van der Waals surface area (Å²) in [7, 11) is 0. The van der Waals surface area contributed by atoms with Gasteiger partial charge in [0.1, 0.15) is 18.0 Å². The lowest BCUT2D eigenvalue weighted by Gasteiger charge is -2.36. The Balaban J connectivity index is 1.59. The third-order valence-corrected chi connectivity index (χ3v) is 5.24. The van der Waals surface area contributed by atoms with Crippen LogP contribution < -0.4 is 4.74 Å². The highest BCUT2D eigenvalue weighted by atomic mass is 16.5. The third kappa shape index (κ3) is 5.68. The minimum absolute atomic E-state index is 0.186. The van der Waals surface area contributed by atoms with E-state index in [0.29, 0.717) is 19.7 Å². The van der Waals surface area contributed by atoms with E-state index in [4.69, 9.17) is 9.47 Å². The molecule has 0 aromatic heterocycles. The molecule has 1 atom stereocenters. The second-order valence-electron chi connectivity index (χ2n) is 7.73. The normalized spacial score (nSPS) is 28.1. The Morgan fingerprint density at radius 2 is 1.72 bits per heavy atom.